The Kier molecular flexibility index (Phi) is 4.53. The standard InChI is InChI=1S/C26H20N2O6/c1-5-17(29-11-19-13-31-19)6-2-15(1)25-27-21-9-22-24(10-23(21)33-25)34-26(28-22)16-3-7-18(8-4-16)30-12-20-14-32-20/h1-10,19-20H,11-14H2/t19-,20-/m0/s1. The maximum atomic E-state index is 6.01. The molecule has 4 heterocycles. The monoisotopic (exact) mass is 456 g/mol. The highest BCUT2D eigenvalue weighted by Gasteiger charge is 2.24. The number of nitrogens with zero attached hydrogens (tertiary/aromatic N) is 2. The second kappa shape index (κ2) is 7.86. The smallest absolute Gasteiger partial charge is 0.227 e. The summed E-state index contributed by atoms with van der Waals surface area (Å²) in [6.07, 6.45) is 0.454. The lowest BCUT2D eigenvalue weighted by Crippen LogP contribution is -2.03. The number of hydrogen-bond acceptors (Lipinski definition) is 8. The number of epoxide rings is 2. The molecule has 0 unspecified atom stereocenters. The molecule has 5 aromatic rings. The van der Waals surface area contributed by atoms with E-state index in [1.165, 1.54) is 0 Å². The Bertz CT molecular complexity index is 1300. The molecule has 0 bridgehead atoms. The number of rotatable bonds is 8. The van der Waals surface area contributed by atoms with Crippen molar-refractivity contribution >= 4 is 22.2 Å². The van der Waals surface area contributed by atoms with Gasteiger partial charge in [0.05, 0.1) is 13.2 Å². The minimum Gasteiger partial charge on any atom is -0.491 e. The summed E-state index contributed by atoms with van der Waals surface area (Å²) in [4.78, 5) is 9.29. The quantitative estimate of drug-likeness (QED) is 0.306. The molecule has 0 radical (unpaired) electrons. The molecular formula is C26H20N2O6. The van der Waals surface area contributed by atoms with E-state index >= 15 is 0 Å². The second-order valence-electron chi connectivity index (χ2n) is 8.41. The molecule has 170 valence electrons. The largest absolute Gasteiger partial charge is 0.491 e. The van der Waals surface area contributed by atoms with E-state index in [-0.39, 0.29) is 12.2 Å². The first-order valence-corrected chi connectivity index (χ1v) is 11.2. The van der Waals surface area contributed by atoms with Crippen LogP contribution in [-0.4, -0.2) is 48.6 Å². The van der Waals surface area contributed by atoms with E-state index in [1.807, 2.05) is 60.7 Å². The number of ether oxygens (including phenoxy) is 4. The predicted octanol–water partition coefficient (Wildman–Crippen LogP) is 4.86. The van der Waals surface area contributed by atoms with Crippen LogP contribution < -0.4 is 9.47 Å². The van der Waals surface area contributed by atoms with E-state index in [9.17, 15) is 0 Å². The lowest BCUT2D eigenvalue weighted by atomic mass is 10.2. The van der Waals surface area contributed by atoms with Gasteiger partial charge < -0.3 is 27.8 Å². The van der Waals surface area contributed by atoms with Gasteiger partial charge in [0.25, 0.3) is 0 Å². The van der Waals surface area contributed by atoms with Crippen LogP contribution in [0.15, 0.2) is 69.5 Å². The molecule has 0 aliphatic carbocycles. The van der Waals surface area contributed by atoms with Crippen molar-refractivity contribution in [2.75, 3.05) is 26.4 Å². The third kappa shape index (κ3) is 3.98. The van der Waals surface area contributed by atoms with Gasteiger partial charge >= 0.3 is 0 Å². The Morgan fingerprint density at radius 3 is 1.50 bits per heavy atom. The van der Waals surface area contributed by atoms with E-state index in [0.717, 1.165) is 46.9 Å². The zero-order valence-corrected chi connectivity index (χ0v) is 18.1. The molecule has 0 saturated carbocycles. The van der Waals surface area contributed by atoms with E-state index in [4.69, 9.17) is 27.8 Å². The summed E-state index contributed by atoms with van der Waals surface area (Å²) in [5.41, 5.74) is 4.46. The number of aromatic nitrogens is 2. The minimum atomic E-state index is 0.227. The maximum Gasteiger partial charge on any atom is 0.227 e. The molecule has 0 amide bonds. The van der Waals surface area contributed by atoms with Crippen molar-refractivity contribution in [3.8, 4) is 34.4 Å². The van der Waals surface area contributed by atoms with Crippen LogP contribution in [0, 0.1) is 0 Å². The Labute approximate surface area is 194 Å². The highest BCUT2D eigenvalue weighted by Crippen LogP contribution is 2.32. The topological polar surface area (TPSA) is 95.6 Å². The molecular weight excluding hydrogens is 436 g/mol. The predicted molar refractivity (Wildman–Crippen MR) is 123 cm³/mol. The van der Waals surface area contributed by atoms with Crippen molar-refractivity contribution in [3.63, 3.8) is 0 Å². The zero-order valence-electron chi connectivity index (χ0n) is 18.1. The molecule has 0 spiro atoms. The summed E-state index contributed by atoms with van der Waals surface area (Å²) >= 11 is 0. The van der Waals surface area contributed by atoms with E-state index in [0.29, 0.717) is 36.2 Å². The van der Waals surface area contributed by atoms with Gasteiger partial charge in [0, 0.05) is 17.2 Å². The first-order chi connectivity index (χ1) is 16.8. The molecule has 7 rings (SSSR count). The van der Waals surface area contributed by atoms with Crippen LogP contribution in [-0.2, 0) is 9.47 Å². The van der Waals surface area contributed by atoms with Crippen LogP contribution in [0.4, 0.5) is 0 Å². The lowest BCUT2D eigenvalue weighted by molar-refractivity contribution is 0.263. The Morgan fingerprint density at radius 1 is 0.647 bits per heavy atom. The summed E-state index contributed by atoms with van der Waals surface area (Å²) in [6, 6.07) is 19.1. The first kappa shape index (κ1) is 19.6. The van der Waals surface area contributed by atoms with Gasteiger partial charge in [-0.2, -0.15) is 0 Å². The third-order valence-corrected chi connectivity index (χ3v) is 5.78. The molecule has 8 nitrogen and oxygen atoms in total. The van der Waals surface area contributed by atoms with Gasteiger partial charge in [0.2, 0.25) is 11.8 Å². The van der Waals surface area contributed by atoms with Gasteiger partial charge in [-0.3, -0.25) is 0 Å². The van der Waals surface area contributed by atoms with Gasteiger partial charge in [0.1, 0.15) is 48.0 Å². The Morgan fingerprint density at radius 2 is 1.09 bits per heavy atom. The van der Waals surface area contributed by atoms with E-state index in [2.05, 4.69) is 9.97 Å². The van der Waals surface area contributed by atoms with Gasteiger partial charge in [0.15, 0.2) is 11.2 Å². The first-order valence-electron chi connectivity index (χ1n) is 11.2. The Balaban J connectivity index is 1.11. The van der Waals surface area contributed by atoms with Crippen molar-refractivity contribution in [1.29, 1.82) is 0 Å². The highest BCUT2D eigenvalue weighted by atomic mass is 16.6. The number of hydrogen-bond donors (Lipinski definition) is 0. The average Bonchev–Trinajstić information content (AvgIpc) is 3.79. The van der Waals surface area contributed by atoms with E-state index < -0.39 is 0 Å². The van der Waals surface area contributed by atoms with Crippen molar-refractivity contribution in [2.24, 2.45) is 0 Å². The summed E-state index contributed by atoms with van der Waals surface area (Å²) in [5, 5.41) is 0. The summed E-state index contributed by atoms with van der Waals surface area (Å²) < 4.78 is 33.7. The van der Waals surface area contributed by atoms with Crippen molar-refractivity contribution in [1.82, 2.24) is 9.97 Å². The van der Waals surface area contributed by atoms with Crippen LogP contribution >= 0.6 is 0 Å². The highest BCUT2D eigenvalue weighted by molar-refractivity contribution is 5.91. The van der Waals surface area contributed by atoms with Gasteiger partial charge in [-0.1, -0.05) is 0 Å². The maximum absolute atomic E-state index is 6.01. The number of oxazole rings is 2. The molecule has 8 heteroatoms. The summed E-state index contributed by atoms with van der Waals surface area (Å²) in [7, 11) is 0. The fraction of sp³-hybridized carbons (Fsp3) is 0.231. The molecule has 34 heavy (non-hydrogen) atoms. The van der Waals surface area contributed by atoms with Gasteiger partial charge in [-0.15, -0.1) is 0 Å². The van der Waals surface area contributed by atoms with Crippen LogP contribution in [0.2, 0.25) is 0 Å². The Hall–Kier alpha value is -3.88. The number of fused-ring (bicyclic) bond motifs is 2. The fourth-order valence-electron chi connectivity index (χ4n) is 3.69. The molecule has 2 aliphatic heterocycles. The van der Waals surface area contributed by atoms with Crippen LogP contribution in [0.5, 0.6) is 11.5 Å². The molecule has 2 aromatic heterocycles. The van der Waals surface area contributed by atoms with Crippen molar-refractivity contribution in [3.05, 3.63) is 60.7 Å². The summed E-state index contributed by atoms with van der Waals surface area (Å²) in [6.45, 7) is 2.70. The zero-order chi connectivity index (χ0) is 22.5. The van der Waals surface area contributed by atoms with Crippen LogP contribution in [0.1, 0.15) is 0 Å². The molecule has 2 fully saturated rings. The second-order valence-corrected chi connectivity index (χ2v) is 8.41. The fourth-order valence-corrected chi connectivity index (χ4v) is 3.69. The van der Waals surface area contributed by atoms with Crippen LogP contribution in [0.25, 0.3) is 45.1 Å². The molecule has 2 atom stereocenters. The average molecular weight is 456 g/mol. The lowest BCUT2D eigenvalue weighted by Gasteiger charge is -2.04. The SMILES string of the molecule is c1cc(-c2nc3cc4nc(-c5ccc(OC[C@H]6CO6)cc5)oc4cc3o2)ccc1OC[C@H]1CO1. The van der Waals surface area contributed by atoms with Crippen molar-refractivity contribution in [2.45, 2.75) is 12.2 Å². The third-order valence-electron chi connectivity index (χ3n) is 5.78. The van der Waals surface area contributed by atoms with Gasteiger partial charge in [-0.25, -0.2) is 9.97 Å². The van der Waals surface area contributed by atoms with Crippen LogP contribution in [0.3, 0.4) is 0 Å². The normalized spacial score (nSPS) is 18.9. The van der Waals surface area contributed by atoms with Crippen molar-refractivity contribution < 1.29 is 27.8 Å². The minimum absolute atomic E-state index is 0.227. The molecule has 0 N–H and O–H groups in total. The summed E-state index contributed by atoms with van der Waals surface area (Å²) in [5.74, 6) is 2.65. The molecule has 2 saturated heterocycles. The molecule has 2 aliphatic rings. The molecule has 3 aromatic carbocycles. The van der Waals surface area contributed by atoms with E-state index in [1.54, 1.807) is 0 Å². The van der Waals surface area contributed by atoms with Gasteiger partial charge in [-0.05, 0) is 54.6 Å². The number of benzene rings is 3.